The monoisotopic (exact) mass is 167 g/mol. The van der Waals surface area contributed by atoms with Gasteiger partial charge in [-0.05, 0) is 0 Å². The molecule has 5 heteroatoms. The number of nitrogens with one attached hydrogen (secondary N) is 1. The Labute approximate surface area is 61.4 Å². The highest BCUT2D eigenvalue weighted by Gasteiger charge is 2.02. The fourth-order valence-electron chi connectivity index (χ4n) is 0.477. The molecule has 0 aliphatic heterocycles. The standard InChI is InChI=1S/C5H13NO3S/c1-5(2)6-3-4-10(7,8)9/h5-6H,3-4H2,1-2H3,(H,7,8,9). The molecule has 0 aliphatic carbocycles. The molecule has 0 heterocycles. The fraction of sp³-hybridized carbons (Fsp3) is 1.00. The zero-order chi connectivity index (χ0) is 8.20. The van der Waals surface area contributed by atoms with Crippen LogP contribution in [0.1, 0.15) is 13.8 Å². The molecular formula is C5H13NO3S. The van der Waals surface area contributed by atoms with Crippen LogP contribution < -0.4 is 5.32 Å². The molecule has 0 radical (unpaired) electrons. The maximum atomic E-state index is 10.1. The van der Waals surface area contributed by atoms with Crippen molar-refractivity contribution in [2.75, 3.05) is 12.3 Å². The topological polar surface area (TPSA) is 66.4 Å². The quantitative estimate of drug-likeness (QED) is 0.572. The molecule has 0 aromatic rings. The van der Waals surface area contributed by atoms with E-state index in [1.807, 2.05) is 13.8 Å². The maximum Gasteiger partial charge on any atom is 0.266 e. The van der Waals surface area contributed by atoms with Gasteiger partial charge in [0, 0.05) is 12.6 Å². The van der Waals surface area contributed by atoms with E-state index in [0.717, 1.165) is 0 Å². The van der Waals surface area contributed by atoms with Crippen LogP contribution in [-0.2, 0) is 10.1 Å². The minimum atomic E-state index is -3.78. The van der Waals surface area contributed by atoms with Crippen molar-refractivity contribution >= 4 is 10.1 Å². The second kappa shape index (κ2) is 3.90. The van der Waals surface area contributed by atoms with Gasteiger partial charge < -0.3 is 5.32 Å². The number of hydrogen-bond donors (Lipinski definition) is 2. The van der Waals surface area contributed by atoms with Gasteiger partial charge in [0.2, 0.25) is 0 Å². The van der Waals surface area contributed by atoms with Crippen molar-refractivity contribution in [2.24, 2.45) is 0 Å². The van der Waals surface area contributed by atoms with Crippen molar-refractivity contribution < 1.29 is 13.0 Å². The van der Waals surface area contributed by atoms with Gasteiger partial charge in [-0.15, -0.1) is 0 Å². The molecule has 0 fully saturated rings. The Kier molecular flexibility index (Phi) is 3.85. The smallest absolute Gasteiger partial charge is 0.266 e. The summed E-state index contributed by atoms with van der Waals surface area (Å²) in [4.78, 5) is 0. The summed E-state index contributed by atoms with van der Waals surface area (Å²) in [5.74, 6) is -0.217. The van der Waals surface area contributed by atoms with E-state index in [9.17, 15) is 8.42 Å². The Balaban J connectivity index is 3.39. The van der Waals surface area contributed by atoms with Crippen LogP contribution in [0.15, 0.2) is 0 Å². The molecule has 62 valence electrons. The van der Waals surface area contributed by atoms with Gasteiger partial charge in [0.05, 0.1) is 5.75 Å². The maximum absolute atomic E-state index is 10.1. The van der Waals surface area contributed by atoms with Crippen LogP contribution in [0.25, 0.3) is 0 Å². The van der Waals surface area contributed by atoms with Crippen LogP contribution in [0.4, 0.5) is 0 Å². The van der Waals surface area contributed by atoms with Crippen LogP contribution in [-0.4, -0.2) is 31.3 Å². The molecule has 2 N–H and O–H groups in total. The van der Waals surface area contributed by atoms with E-state index < -0.39 is 10.1 Å². The molecule has 0 aromatic carbocycles. The summed E-state index contributed by atoms with van der Waals surface area (Å²) in [6, 6.07) is 0.252. The molecule has 0 bridgehead atoms. The van der Waals surface area contributed by atoms with Gasteiger partial charge in [-0.25, -0.2) is 0 Å². The van der Waals surface area contributed by atoms with Crippen molar-refractivity contribution in [3.8, 4) is 0 Å². The van der Waals surface area contributed by atoms with Crippen LogP contribution in [0.3, 0.4) is 0 Å². The van der Waals surface area contributed by atoms with Gasteiger partial charge in [-0.1, -0.05) is 13.8 Å². The van der Waals surface area contributed by atoms with E-state index in [1.165, 1.54) is 0 Å². The second-order valence-corrected chi connectivity index (χ2v) is 3.97. The highest BCUT2D eigenvalue weighted by molar-refractivity contribution is 7.85. The third-order valence-corrected chi connectivity index (χ3v) is 1.63. The summed E-state index contributed by atoms with van der Waals surface area (Å²) >= 11 is 0. The third-order valence-electron chi connectivity index (χ3n) is 0.913. The molecule has 0 amide bonds. The lowest BCUT2D eigenvalue weighted by molar-refractivity contribution is 0.478. The first kappa shape index (κ1) is 9.87. The van der Waals surface area contributed by atoms with E-state index in [0.29, 0.717) is 6.54 Å². The lowest BCUT2D eigenvalue weighted by atomic mass is 10.4. The summed E-state index contributed by atoms with van der Waals surface area (Å²) in [6.45, 7) is 4.12. The average Bonchev–Trinajstić information content (AvgIpc) is 1.59. The van der Waals surface area contributed by atoms with Gasteiger partial charge in [0.15, 0.2) is 0 Å². The molecule has 0 unspecified atom stereocenters. The first-order chi connectivity index (χ1) is 4.42. The molecule has 10 heavy (non-hydrogen) atoms. The SMILES string of the molecule is CC(C)NCCS(=O)(=O)O. The lowest BCUT2D eigenvalue weighted by Crippen LogP contribution is -2.28. The predicted octanol–water partition coefficient (Wildman–Crippen LogP) is -0.128. The van der Waals surface area contributed by atoms with Crippen LogP contribution >= 0.6 is 0 Å². The summed E-state index contributed by atoms with van der Waals surface area (Å²) in [6.07, 6.45) is 0. The van der Waals surface area contributed by atoms with Crippen molar-refractivity contribution in [3.05, 3.63) is 0 Å². The molecular weight excluding hydrogens is 154 g/mol. The molecule has 0 spiro atoms. The highest BCUT2D eigenvalue weighted by atomic mass is 32.2. The number of rotatable bonds is 4. The average molecular weight is 167 g/mol. The van der Waals surface area contributed by atoms with Crippen molar-refractivity contribution in [3.63, 3.8) is 0 Å². The number of hydrogen-bond acceptors (Lipinski definition) is 3. The second-order valence-electron chi connectivity index (χ2n) is 2.39. The summed E-state index contributed by atoms with van der Waals surface area (Å²) in [7, 11) is -3.78. The Morgan fingerprint density at radius 3 is 2.30 bits per heavy atom. The third kappa shape index (κ3) is 7.87. The van der Waals surface area contributed by atoms with Gasteiger partial charge in [0.25, 0.3) is 10.1 Å². The van der Waals surface area contributed by atoms with E-state index >= 15 is 0 Å². The van der Waals surface area contributed by atoms with Gasteiger partial charge in [-0.2, -0.15) is 8.42 Å². The Hall–Kier alpha value is -0.130. The summed E-state index contributed by atoms with van der Waals surface area (Å²) < 4.78 is 28.5. The zero-order valence-corrected chi connectivity index (χ0v) is 6.98. The Morgan fingerprint density at radius 1 is 1.50 bits per heavy atom. The van der Waals surface area contributed by atoms with Crippen molar-refractivity contribution in [2.45, 2.75) is 19.9 Å². The van der Waals surface area contributed by atoms with E-state index in [4.69, 9.17) is 4.55 Å². The Bertz CT molecular complexity index is 173. The fourth-order valence-corrected chi connectivity index (χ4v) is 0.852. The van der Waals surface area contributed by atoms with E-state index in [2.05, 4.69) is 5.32 Å². The molecule has 0 rings (SSSR count). The zero-order valence-electron chi connectivity index (χ0n) is 6.16. The normalized spacial score (nSPS) is 12.4. The van der Waals surface area contributed by atoms with Crippen molar-refractivity contribution in [1.29, 1.82) is 0 Å². The predicted molar refractivity (Wildman–Crippen MR) is 39.6 cm³/mol. The minimum absolute atomic E-state index is 0.217. The first-order valence-corrected chi connectivity index (χ1v) is 4.71. The molecule has 0 saturated heterocycles. The van der Waals surface area contributed by atoms with Crippen LogP contribution in [0.2, 0.25) is 0 Å². The summed E-state index contributed by atoms with van der Waals surface area (Å²) in [5.41, 5.74) is 0. The molecule has 0 atom stereocenters. The summed E-state index contributed by atoms with van der Waals surface area (Å²) in [5, 5.41) is 2.86. The highest BCUT2D eigenvalue weighted by Crippen LogP contribution is 1.80. The first-order valence-electron chi connectivity index (χ1n) is 3.10. The van der Waals surface area contributed by atoms with Crippen molar-refractivity contribution in [1.82, 2.24) is 5.32 Å². The van der Waals surface area contributed by atoms with Gasteiger partial charge in [0.1, 0.15) is 0 Å². The van der Waals surface area contributed by atoms with E-state index in [-0.39, 0.29) is 11.8 Å². The van der Waals surface area contributed by atoms with E-state index in [1.54, 1.807) is 0 Å². The van der Waals surface area contributed by atoms with Crippen LogP contribution in [0.5, 0.6) is 0 Å². The largest absolute Gasteiger partial charge is 0.313 e. The van der Waals surface area contributed by atoms with Gasteiger partial charge in [-0.3, -0.25) is 4.55 Å². The van der Waals surface area contributed by atoms with Crippen LogP contribution in [0, 0.1) is 0 Å². The Morgan fingerprint density at radius 2 is 2.00 bits per heavy atom. The molecule has 0 aliphatic rings. The lowest BCUT2D eigenvalue weighted by Gasteiger charge is -2.04. The molecule has 0 aromatic heterocycles. The minimum Gasteiger partial charge on any atom is -0.313 e. The molecule has 0 saturated carbocycles. The van der Waals surface area contributed by atoms with Gasteiger partial charge >= 0.3 is 0 Å². The molecule has 4 nitrogen and oxygen atoms in total.